The van der Waals surface area contributed by atoms with Gasteiger partial charge in [0.15, 0.2) is 0 Å². The molecule has 1 saturated heterocycles. The molecule has 1 aliphatic heterocycles. The maximum absolute atomic E-state index is 4.82. The molecule has 1 fully saturated rings. The average Bonchev–Trinajstić information content (AvgIpc) is 3.19. The number of piperidine rings is 1. The number of hydrogen-bond acceptors (Lipinski definition) is 4. The maximum Gasteiger partial charge on any atom is 0.137 e. The minimum absolute atomic E-state index is 0.505. The number of para-hydroxylation sites is 2. The van der Waals surface area contributed by atoms with Gasteiger partial charge in [-0.25, -0.2) is 9.97 Å². The summed E-state index contributed by atoms with van der Waals surface area (Å²) in [5, 5.41) is 4.26. The third-order valence-electron chi connectivity index (χ3n) is 4.84. The number of nitrogens with zero attached hydrogens (tertiary/aromatic N) is 6. The van der Waals surface area contributed by atoms with Gasteiger partial charge in [0.2, 0.25) is 0 Å². The zero-order valence-corrected chi connectivity index (χ0v) is 13.5. The van der Waals surface area contributed by atoms with Crippen molar-refractivity contribution in [2.24, 2.45) is 7.05 Å². The van der Waals surface area contributed by atoms with Gasteiger partial charge in [0.05, 0.1) is 24.1 Å². The topological polar surface area (TPSA) is 51.8 Å². The molecule has 1 aromatic carbocycles. The highest BCUT2D eigenvalue weighted by Crippen LogP contribution is 2.22. The molecular weight excluding hydrogens is 288 g/mol. The zero-order chi connectivity index (χ0) is 15.6. The fraction of sp³-hybridized carbons (Fsp3) is 0.471. The summed E-state index contributed by atoms with van der Waals surface area (Å²) in [7, 11) is 2.11. The monoisotopic (exact) mass is 310 g/mol. The Balaban J connectivity index is 1.56. The molecule has 0 radical (unpaired) electrons. The molecule has 120 valence electrons. The van der Waals surface area contributed by atoms with Gasteiger partial charge in [0, 0.05) is 13.1 Å². The third kappa shape index (κ3) is 2.86. The molecule has 6 heteroatoms. The first-order chi connectivity index (χ1) is 11.3. The molecule has 2 aromatic heterocycles. The van der Waals surface area contributed by atoms with Crippen molar-refractivity contribution in [1.82, 2.24) is 29.2 Å². The van der Waals surface area contributed by atoms with Crippen LogP contribution in [0.3, 0.4) is 0 Å². The van der Waals surface area contributed by atoms with Gasteiger partial charge in [-0.05, 0) is 31.5 Å². The summed E-state index contributed by atoms with van der Waals surface area (Å²) in [5.41, 5.74) is 2.28. The normalized spacial score (nSPS) is 19.4. The number of hydrogen-bond donors (Lipinski definition) is 0. The second kappa shape index (κ2) is 6.12. The summed E-state index contributed by atoms with van der Waals surface area (Å²) in [6.45, 7) is 2.93. The van der Waals surface area contributed by atoms with Crippen LogP contribution in [0.15, 0.2) is 36.9 Å². The first-order valence-electron chi connectivity index (χ1n) is 8.28. The average molecular weight is 310 g/mol. The second-order valence-corrected chi connectivity index (χ2v) is 6.31. The van der Waals surface area contributed by atoms with Crippen LogP contribution in [0, 0.1) is 0 Å². The van der Waals surface area contributed by atoms with E-state index >= 15 is 0 Å². The van der Waals surface area contributed by atoms with Crippen LogP contribution in [0.2, 0.25) is 0 Å². The smallest absolute Gasteiger partial charge is 0.137 e. The summed E-state index contributed by atoms with van der Waals surface area (Å²) in [6, 6.07) is 8.84. The highest BCUT2D eigenvalue weighted by atomic mass is 15.3. The lowest BCUT2D eigenvalue weighted by Gasteiger charge is -2.35. The summed E-state index contributed by atoms with van der Waals surface area (Å²) in [5.74, 6) is 1.14. The molecule has 4 rings (SSSR count). The van der Waals surface area contributed by atoms with Crippen molar-refractivity contribution in [3.8, 4) is 0 Å². The van der Waals surface area contributed by atoms with Crippen LogP contribution < -0.4 is 0 Å². The van der Waals surface area contributed by atoms with Gasteiger partial charge in [-0.3, -0.25) is 9.58 Å². The number of aryl methyl sites for hydroxylation is 1. The van der Waals surface area contributed by atoms with E-state index in [2.05, 4.69) is 44.8 Å². The Bertz CT molecular complexity index is 776. The Morgan fingerprint density at radius 3 is 2.96 bits per heavy atom. The van der Waals surface area contributed by atoms with Crippen LogP contribution in [0.1, 0.15) is 25.1 Å². The molecule has 3 heterocycles. The van der Waals surface area contributed by atoms with Gasteiger partial charge in [0.1, 0.15) is 18.5 Å². The van der Waals surface area contributed by atoms with Gasteiger partial charge in [-0.2, -0.15) is 5.10 Å². The molecule has 23 heavy (non-hydrogen) atoms. The minimum atomic E-state index is 0.505. The van der Waals surface area contributed by atoms with E-state index in [1.165, 1.54) is 24.8 Å². The van der Waals surface area contributed by atoms with Crippen molar-refractivity contribution in [2.75, 3.05) is 6.54 Å². The first-order valence-corrected chi connectivity index (χ1v) is 8.28. The third-order valence-corrected chi connectivity index (χ3v) is 4.84. The summed E-state index contributed by atoms with van der Waals surface area (Å²) in [4.78, 5) is 11.4. The molecule has 0 unspecified atom stereocenters. The number of rotatable bonds is 4. The number of imidazole rings is 1. The van der Waals surface area contributed by atoms with Crippen LogP contribution in [0.4, 0.5) is 0 Å². The van der Waals surface area contributed by atoms with Gasteiger partial charge < -0.3 is 4.57 Å². The number of likely N-dealkylation sites (tertiary alicyclic amines) is 1. The van der Waals surface area contributed by atoms with Crippen LogP contribution in [0.25, 0.3) is 11.0 Å². The largest absolute Gasteiger partial charge is 0.330 e. The quantitative estimate of drug-likeness (QED) is 0.741. The van der Waals surface area contributed by atoms with E-state index in [1.807, 2.05) is 17.1 Å². The lowest BCUT2D eigenvalue weighted by molar-refractivity contribution is 0.118. The molecule has 0 amide bonds. The number of aromatic nitrogens is 5. The minimum Gasteiger partial charge on any atom is -0.330 e. The molecule has 0 spiro atoms. The van der Waals surface area contributed by atoms with Crippen molar-refractivity contribution >= 4 is 11.0 Å². The van der Waals surface area contributed by atoms with Crippen LogP contribution in [-0.4, -0.2) is 41.8 Å². The highest BCUT2D eigenvalue weighted by Gasteiger charge is 2.24. The molecule has 3 aromatic rings. The van der Waals surface area contributed by atoms with Gasteiger partial charge in [-0.1, -0.05) is 18.6 Å². The van der Waals surface area contributed by atoms with Crippen molar-refractivity contribution < 1.29 is 0 Å². The predicted octanol–water partition coefficient (Wildman–Crippen LogP) is 2.22. The van der Waals surface area contributed by atoms with Gasteiger partial charge in [-0.15, -0.1) is 0 Å². The Morgan fingerprint density at radius 2 is 2.13 bits per heavy atom. The fourth-order valence-corrected chi connectivity index (χ4v) is 3.54. The van der Waals surface area contributed by atoms with Crippen molar-refractivity contribution in [1.29, 1.82) is 0 Å². The SMILES string of the molecule is Cn1c(CN2CCCC[C@@H]2Cn2cncn2)nc2ccccc21. The van der Waals surface area contributed by atoms with E-state index in [9.17, 15) is 0 Å². The number of fused-ring (bicyclic) bond motifs is 1. The van der Waals surface area contributed by atoms with E-state index in [-0.39, 0.29) is 0 Å². The van der Waals surface area contributed by atoms with Crippen LogP contribution in [0.5, 0.6) is 0 Å². The Kier molecular flexibility index (Phi) is 3.83. The molecule has 0 N–H and O–H groups in total. The Labute approximate surface area is 135 Å². The van der Waals surface area contributed by atoms with E-state index in [0.29, 0.717) is 6.04 Å². The second-order valence-electron chi connectivity index (χ2n) is 6.31. The van der Waals surface area contributed by atoms with Crippen LogP contribution in [-0.2, 0) is 20.1 Å². The first kappa shape index (κ1) is 14.4. The van der Waals surface area contributed by atoms with Crippen molar-refractivity contribution in [2.45, 2.75) is 38.4 Å². The molecule has 1 atom stereocenters. The van der Waals surface area contributed by atoms with Crippen LogP contribution >= 0.6 is 0 Å². The Hall–Kier alpha value is -2.21. The molecule has 6 nitrogen and oxygen atoms in total. The molecule has 0 saturated carbocycles. The van der Waals surface area contributed by atoms with E-state index < -0.39 is 0 Å². The van der Waals surface area contributed by atoms with E-state index in [1.54, 1.807) is 6.33 Å². The standard InChI is InChI=1S/C17H22N6/c1-21-16-8-3-2-7-15(16)20-17(21)11-22-9-5-4-6-14(22)10-23-13-18-12-19-23/h2-3,7-8,12-14H,4-6,9-11H2,1H3/t14-/m1/s1. The summed E-state index contributed by atoms with van der Waals surface area (Å²) in [6.07, 6.45) is 7.18. The predicted molar refractivity (Wildman–Crippen MR) is 88.8 cm³/mol. The number of benzene rings is 1. The molecule has 1 aliphatic rings. The molecule has 0 bridgehead atoms. The molecular formula is C17H22N6. The lowest BCUT2D eigenvalue weighted by atomic mass is 10.0. The zero-order valence-electron chi connectivity index (χ0n) is 13.5. The maximum atomic E-state index is 4.82. The van der Waals surface area contributed by atoms with Crippen molar-refractivity contribution in [3.63, 3.8) is 0 Å². The summed E-state index contributed by atoms with van der Waals surface area (Å²) < 4.78 is 4.16. The van der Waals surface area contributed by atoms with Gasteiger partial charge in [0.25, 0.3) is 0 Å². The fourth-order valence-electron chi connectivity index (χ4n) is 3.54. The van der Waals surface area contributed by atoms with Gasteiger partial charge >= 0.3 is 0 Å². The summed E-state index contributed by atoms with van der Waals surface area (Å²) >= 11 is 0. The van der Waals surface area contributed by atoms with E-state index in [4.69, 9.17) is 4.98 Å². The highest BCUT2D eigenvalue weighted by molar-refractivity contribution is 5.75. The Morgan fingerprint density at radius 1 is 1.22 bits per heavy atom. The molecule has 0 aliphatic carbocycles. The van der Waals surface area contributed by atoms with E-state index in [0.717, 1.165) is 31.0 Å². The van der Waals surface area contributed by atoms with Crippen molar-refractivity contribution in [3.05, 3.63) is 42.7 Å². The lowest BCUT2D eigenvalue weighted by Crippen LogP contribution is -2.42.